The molecule has 0 aromatic heterocycles. The predicted octanol–water partition coefficient (Wildman–Crippen LogP) is 2.91. The number of hydrogen-bond donors (Lipinski definition) is 1. The Morgan fingerprint density at radius 1 is 0.818 bits per heavy atom. The molecule has 0 saturated heterocycles. The fourth-order valence-corrected chi connectivity index (χ4v) is 2.24. The van der Waals surface area contributed by atoms with Crippen molar-refractivity contribution in [3.05, 3.63) is 0 Å². The standard InChI is InChI=1S/C14H30O7S/c1-3-5-7-10-18-20-12-9-14(22(15,16)17)13-21-19-11-8-6-4-2/h14H,3-13H2,1-2H3,(H,15,16,17). The van der Waals surface area contributed by atoms with Gasteiger partial charge >= 0.3 is 0 Å². The van der Waals surface area contributed by atoms with Crippen molar-refractivity contribution >= 4 is 10.1 Å². The quantitative estimate of drug-likeness (QED) is 0.199. The summed E-state index contributed by atoms with van der Waals surface area (Å²) < 4.78 is 31.6. The molecule has 134 valence electrons. The second kappa shape index (κ2) is 14.3. The van der Waals surface area contributed by atoms with E-state index in [2.05, 4.69) is 13.8 Å². The van der Waals surface area contributed by atoms with Gasteiger partial charge in [0.25, 0.3) is 10.1 Å². The zero-order valence-corrected chi connectivity index (χ0v) is 14.5. The van der Waals surface area contributed by atoms with Crippen LogP contribution in [0.1, 0.15) is 58.8 Å². The molecule has 0 rings (SSSR count). The van der Waals surface area contributed by atoms with Crippen LogP contribution in [0.15, 0.2) is 0 Å². The Kier molecular flexibility index (Phi) is 14.2. The lowest BCUT2D eigenvalue weighted by Crippen LogP contribution is -2.28. The van der Waals surface area contributed by atoms with Gasteiger partial charge in [-0.1, -0.05) is 39.5 Å². The molecular formula is C14H30O7S. The van der Waals surface area contributed by atoms with E-state index in [1.54, 1.807) is 0 Å². The van der Waals surface area contributed by atoms with Gasteiger partial charge in [-0.25, -0.2) is 19.6 Å². The minimum atomic E-state index is -4.20. The fourth-order valence-electron chi connectivity index (χ4n) is 1.62. The van der Waals surface area contributed by atoms with Crippen LogP contribution in [0.3, 0.4) is 0 Å². The molecule has 1 N–H and O–H groups in total. The van der Waals surface area contributed by atoms with Crippen LogP contribution in [0, 0.1) is 0 Å². The van der Waals surface area contributed by atoms with Gasteiger partial charge in [0.15, 0.2) is 0 Å². The van der Waals surface area contributed by atoms with Crippen LogP contribution in [-0.4, -0.2) is 44.6 Å². The summed E-state index contributed by atoms with van der Waals surface area (Å²) in [5, 5.41) is -1.09. The molecule has 0 aliphatic rings. The molecule has 7 nitrogen and oxygen atoms in total. The first-order valence-electron chi connectivity index (χ1n) is 7.97. The zero-order valence-electron chi connectivity index (χ0n) is 13.7. The predicted molar refractivity (Wildman–Crippen MR) is 82.8 cm³/mol. The van der Waals surface area contributed by atoms with Crippen LogP contribution in [-0.2, 0) is 29.7 Å². The SMILES string of the molecule is CCCCCOOCCC(COOCCCCC)S(=O)(=O)O. The summed E-state index contributed by atoms with van der Waals surface area (Å²) in [4.78, 5) is 19.5. The monoisotopic (exact) mass is 342 g/mol. The Morgan fingerprint density at radius 2 is 1.32 bits per heavy atom. The summed E-state index contributed by atoms with van der Waals surface area (Å²) in [7, 11) is -4.20. The van der Waals surface area contributed by atoms with E-state index in [0.29, 0.717) is 13.2 Å². The smallest absolute Gasteiger partial charge is 0.270 e. The average Bonchev–Trinajstić information content (AvgIpc) is 2.46. The van der Waals surface area contributed by atoms with Gasteiger partial charge < -0.3 is 0 Å². The molecule has 8 heteroatoms. The summed E-state index contributed by atoms with van der Waals surface area (Å²) in [6.07, 6.45) is 6.05. The van der Waals surface area contributed by atoms with Gasteiger partial charge in [0.05, 0.1) is 19.8 Å². The molecule has 1 atom stereocenters. The molecule has 0 amide bonds. The Balaban J connectivity index is 3.76. The van der Waals surface area contributed by atoms with Crippen LogP contribution in [0.2, 0.25) is 0 Å². The van der Waals surface area contributed by atoms with Crippen molar-refractivity contribution in [2.24, 2.45) is 0 Å². The van der Waals surface area contributed by atoms with Crippen LogP contribution in [0.25, 0.3) is 0 Å². The maximum Gasteiger partial charge on any atom is 0.270 e. The lowest BCUT2D eigenvalue weighted by Gasteiger charge is -2.13. The zero-order chi connectivity index (χ0) is 16.7. The summed E-state index contributed by atoms with van der Waals surface area (Å²) in [6.45, 7) is 4.87. The Morgan fingerprint density at radius 3 is 1.82 bits per heavy atom. The van der Waals surface area contributed by atoms with Crippen LogP contribution >= 0.6 is 0 Å². The normalized spacial score (nSPS) is 13.4. The molecule has 0 radical (unpaired) electrons. The maximum absolute atomic E-state index is 11.2. The summed E-state index contributed by atoms with van der Waals surface area (Å²) in [5.41, 5.74) is 0. The second-order valence-electron chi connectivity index (χ2n) is 5.09. The molecule has 0 aromatic carbocycles. The molecule has 1 unspecified atom stereocenters. The Hall–Kier alpha value is -0.250. The Labute approximate surface area is 133 Å². The third-order valence-electron chi connectivity index (χ3n) is 3.03. The highest BCUT2D eigenvalue weighted by Gasteiger charge is 2.23. The Bertz CT molecular complexity index is 332. The summed E-state index contributed by atoms with van der Waals surface area (Å²) in [6, 6.07) is 0. The maximum atomic E-state index is 11.2. The van der Waals surface area contributed by atoms with Gasteiger partial charge in [-0.15, -0.1) is 0 Å². The number of rotatable bonds is 16. The highest BCUT2D eigenvalue weighted by atomic mass is 32.2. The first-order chi connectivity index (χ1) is 10.5. The molecule has 0 fully saturated rings. The largest absolute Gasteiger partial charge is 0.285 e. The van der Waals surface area contributed by atoms with Gasteiger partial charge in [-0.05, 0) is 19.3 Å². The summed E-state index contributed by atoms with van der Waals surface area (Å²) in [5.74, 6) is 0. The lowest BCUT2D eigenvalue weighted by molar-refractivity contribution is -0.303. The van der Waals surface area contributed by atoms with Crippen molar-refractivity contribution in [1.29, 1.82) is 0 Å². The van der Waals surface area contributed by atoms with E-state index in [0.717, 1.165) is 38.5 Å². The van der Waals surface area contributed by atoms with E-state index in [-0.39, 0.29) is 19.6 Å². The molecule has 0 bridgehead atoms. The summed E-state index contributed by atoms with van der Waals surface area (Å²) >= 11 is 0. The highest BCUT2D eigenvalue weighted by molar-refractivity contribution is 7.86. The minimum absolute atomic E-state index is 0.0653. The highest BCUT2D eigenvalue weighted by Crippen LogP contribution is 2.07. The minimum Gasteiger partial charge on any atom is -0.285 e. The van der Waals surface area contributed by atoms with Crippen molar-refractivity contribution in [2.75, 3.05) is 26.4 Å². The molecule has 0 aliphatic carbocycles. The average molecular weight is 342 g/mol. The lowest BCUT2D eigenvalue weighted by atomic mass is 10.3. The first kappa shape index (κ1) is 21.8. The van der Waals surface area contributed by atoms with Gasteiger partial charge in [0, 0.05) is 0 Å². The fraction of sp³-hybridized carbons (Fsp3) is 1.00. The van der Waals surface area contributed by atoms with Crippen molar-refractivity contribution in [1.82, 2.24) is 0 Å². The van der Waals surface area contributed by atoms with Crippen molar-refractivity contribution in [3.8, 4) is 0 Å². The van der Waals surface area contributed by atoms with E-state index in [1.807, 2.05) is 0 Å². The van der Waals surface area contributed by atoms with Crippen molar-refractivity contribution in [3.63, 3.8) is 0 Å². The molecule has 0 heterocycles. The van der Waals surface area contributed by atoms with E-state index >= 15 is 0 Å². The van der Waals surface area contributed by atoms with E-state index in [9.17, 15) is 8.42 Å². The molecule has 0 spiro atoms. The van der Waals surface area contributed by atoms with E-state index in [1.165, 1.54) is 0 Å². The van der Waals surface area contributed by atoms with E-state index < -0.39 is 15.4 Å². The van der Waals surface area contributed by atoms with Crippen molar-refractivity contribution < 1.29 is 32.5 Å². The molecule has 0 saturated carbocycles. The van der Waals surface area contributed by atoms with Crippen molar-refractivity contribution in [2.45, 2.75) is 64.0 Å². The molecule has 0 aromatic rings. The first-order valence-corrected chi connectivity index (χ1v) is 9.47. The number of hydrogen-bond acceptors (Lipinski definition) is 6. The van der Waals surface area contributed by atoms with Crippen LogP contribution < -0.4 is 0 Å². The third kappa shape index (κ3) is 13.4. The van der Waals surface area contributed by atoms with E-state index in [4.69, 9.17) is 24.1 Å². The molecule has 0 aliphatic heterocycles. The van der Waals surface area contributed by atoms with Gasteiger partial charge in [0.2, 0.25) is 0 Å². The topological polar surface area (TPSA) is 91.3 Å². The van der Waals surface area contributed by atoms with Gasteiger partial charge in [-0.2, -0.15) is 8.42 Å². The van der Waals surface area contributed by atoms with Gasteiger partial charge in [-0.3, -0.25) is 4.55 Å². The molecule has 22 heavy (non-hydrogen) atoms. The second-order valence-corrected chi connectivity index (χ2v) is 6.79. The third-order valence-corrected chi connectivity index (χ3v) is 4.24. The molecular weight excluding hydrogens is 312 g/mol. The van der Waals surface area contributed by atoms with Crippen LogP contribution in [0.4, 0.5) is 0 Å². The van der Waals surface area contributed by atoms with Gasteiger partial charge in [0.1, 0.15) is 11.9 Å². The number of unbranched alkanes of at least 4 members (excludes halogenated alkanes) is 4. The van der Waals surface area contributed by atoms with Crippen LogP contribution in [0.5, 0.6) is 0 Å².